The van der Waals surface area contributed by atoms with Crippen LogP contribution in [0.1, 0.15) is 64.0 Å². The van der Waals surface area contributed by atoms with Crippen molar-refractivity contribution >= 4 is 17.6 Å². The van der Waals surface area contributed by atoms with E-state index in [-0.39, 0.29) is 17.7 Å². The van der Waals surface area contributed by atoms with Gasteiger partial charge in [0.05, 0.1) is 5.69 Å². The molecule has 0 bridgehead atoms. The van der Waals surface area contributed by atoms with Gasteiger partial charge in [0, 0.05) is 24.1 Å². The van der Waals surface area contributed by atoms with Crippen molar-refractivity contribution in [1.29, 1.82) is 0 Å². The van der Waals surface area contributed by atoms with Crippen molar-refractivity contribution < 1.29 is 9.59 Å². The second-order valence-corrected chi connectivity index (χ2v) is 8.58. The molecule has 0 spiro atoms. The molecule has 0 aliphatic carbocycles. The largest absolute Gasteiger partial charge is 0.339 e. The number of nitrogens with one attached hydrogen (secondary N) is 2. The molecule has 2 N–H and O–H groups in total. The first kappa shape index (κ1) is 20.8. The van der Waals surface area contributed by atoms with Crippen molar-refractivity contribution in [1.82, 2.24) is 15.1 Å². The lowest BCUT2D eigenvalue weighted by Crippen LogP contribution is -2.50. The number of anilines is 1. The highest BCUT2D eigenvalue weighted by molar-refractivity contribution is 6.04. The van der Waals surface area contributed by atoms with Gasteiger partial charge in [-0.15, -0.1) is 0 Å². The van der Waals surface area contributed by atoms with Crippen LogP contribution in [-0.4, -0.2) is 27.6 Å². The number of nitrogens with zero attached hydrogens (tertiary/aromatic N) is 2. The molecule has 0 saturated heterocycles. The fourth-order valence-electron chi connectivity index (χ4n) is 4.31. The van der Waals surface area contributed by atoms with Crippen LogP contribution in [0.3, 0.4) is 0 Å². The molecule has 0 fully saturated rings. The number of fused-ring (bicyclic) bond motifs is 1. The summed E-state index contributed by atoms with van der Waals surface area (Å²) in [5.74, 6) is 0.261. The quantitative estimate of drug-likeness (QED) is 0.674. The Balaban J connectivity index is 1.77. The SMILES string of the molecule is Cc1cccc(C(=O)N[C@H]2C(=O)Nc3c(c(C)nn3C)[C@H]2c2ccc(C(C)C)cc2)c1. The predicted molar refractivity (Wildman–Crippen MR) is 121 cm³/mol. The molecule has 1 aromatic heterocycles. The van der Waals surface area contributed by atoms with Gasteiger partial charge in [-0.1, -0.05) is 55.8 Å². The van der Waals surface area contributed by atoms with Crippen LogP contribution < -0.4 is 10.6 Å². The number of amides is 2. The van der Waals surface area contributed by atoms with Crippen LogP contribution in [0, 0.1) is 13.8 Å². The second-order valence-electron chi connectivity index (χ2n) is 8.58. The van der Waals surface area contributed by atoms with Gasteiger partial charge < -0.3 is 10.6 Å². The normalized spacial score (nSPS) is 17.9. The molecule has 0 unspecified atom stereocenters. The zero-order valence-electron chi connectivity index (χ0n) is 18.6. The Morgan fingerprint density at radius 2 is 1.84 bits per heavy atom. The summed E-state index contributed by atoms with van der Waals surface area (Å²) in [6.45, 7) is 8.17. The molecule has 160 valence electrons. The third kappa shape index (κ3) is 3.85. The lowest BCUT2D eigenvalue weighted by Gasteiger charge is -2.32. The van der Waals surface area contributed by atoms with E-state index in [4.69, 9.17) is 0 Å². The summed E-state index contributed by atoms with van der Waals surface area (Å²) in [5.41, 5.74) is 5.51. The number of hydrogen-bond donors (Lipinski definition) is 2. The Bertz CT molecular complexity index is 1140. The molecule has 1 aliphatic rings. The Labute approximate surface area is 182 Å². The van der Waals surface area contributed by atoms with E-state index in [2.05, 4.69) is 53.8 Å². The van der Waals surface area contributed by atoms with E-state index in [0.29, 0.717) is 17.3 Å². The summed E-state index contributed by atoms with van der Waals surface area (Å²) < 4.78 is 1.69. The van der Waals surface area contributed by atoms with Crippen molar-refractivity contribution in [3.63, 3.8) is 0 Å². The van der Waals surface area contributed by atoms with Gasteiger partial charge in [-0.2, -0.15) is 5.10 Å². The molecule has 2 aromatic carbocycles. The van der Waals surface area contributed by atoms with Crippen molar-refractivity contribution in [3.05, 3.63) is 82.0 Å². The van der Waals surface area contributed by atoms with Crippen molar-refractivity contribution in [2.75, 3.05) is 5.32 Å². The Morgan fingerprint density at radius 3 is 2.48 bits per heavy atom. The number of carbonyl (C=O) groups is 2. The lowest BCUT2D eigenvalue weighted by molar-refractivity contribution is -0.118. The van der Waals surface area contributed by atoms with Crippen LogP contribution >= 0.6 is 0 Å². The molecule has 2 atom stereocenters. The first-order valence-electron chi connectivity index (χ1n) is 10.6. The standard InChI is InChI=1S/C25H28N4O2/c1-14(2)17-9-11-18(12-10-17)21-20-16(4)28-29(5)23(20)27-25(31)22(21)26-24(30)19-8-6-7-15(3)13-19/h6-14,21-22H,1-5H3,(H,26,30)(H,27,31)/t21-,22-/m1/s1. The summed E-state index contributed by atoms with van der Waals surface area (Å²) in [6.07, 6.45) is 0. The number of hydrogen-bond acceptors (Lipinski definition) is 3. The van der Waals surface area contributed by atoms with Crippen molar-refractivity contribution in [2.24, 2.45) is 7.05 Å². The molecular weight excluding hydrogens is 388 g/mol. The van der Waals surface area contributed by atoms with Gasteiger partial charge in [0.25, 0.3) is 5.91 Å². The van der Waals surface area contributed by atoms with Gasteiger partial charge in [0.1, 0.15) is 11.9 Å². The summed E-state index contributed by atoms with van der Waals surface area (Å²) >= 11 is 0. The zero-order chi connectivity index (χ0) is 22.3. The van der Waals surface area contributed by atoms with E-state index in [0.717, 1.165) is 22.4 Å². The molecule has 3 aromatic rings. The number of aryl methyl sites for hydroxylation is 3. The summed E-state index contributed by atoms with van der Waals surface area (Å²) in [4.78, 5) is 26.2. The summed E-state index contributed by atoms with van der Waals surface area (Å²) in [7, 11) is 1.82. The van der Waals surface area contributed by atoms with Gasteiger partial charge in [-0.05, 0) is 43.0 Å². The van der Waals surface area contributed by atoms with Crippen molar-refractivity contribution in [2.45, 2.75) is 45.6 Å². The van der Waals surface area contributed by atoms with E-state index < -0.39 is 6.04 Å². The molecule has 2 heterocycles. The van der Waals surface area contributed by atoms with Crippen LogP contribution in [0.4, 0.5) is 5.82 Å². The first-order valence-corrected chi connectivity index (χ1v) is 10.6. The van der Waals surface area contributed by atoms with Crippen LogP contribution in [0.2, 0.25) is 0 Å². The fourth-order valence-corrected chi connectivity index (χ4v) is 4.31. The molecule has 6 nitrogen and oxygen atoms in total. The van der Waals surface area contributed by atoms with Crippen LogP contribution in [-0.2, 0) is 11.8 Å². The first-order chi connectivity index (χ1) is 14.8. The topological polar surface area (TPSA) is 76.0 Å². The van der Waals surface area contributed by atoms with E-state index in [1.54, 1.807) is 10.7 Å². The highest BCUT2D eigenvalue weighted by Gasteiger charge is 2.41. The molecule has 0 saturated carbocycles. The molecular formula is C25H28N4O2. The third-order valence-corrected chi connectivity index (χ3v) is 5.97. The van der Waals surface area contributed by atoms with Crippen LogP contribution in [0.25, 0.3) is 0 Å². The van der Waals surface area contributed by atoms with Crippen LogP contribution in [0.5, 0.6) is 0 Å². The predicted octanol–water partition coefficient (Wildman–Crippen LogP) is 4.04. The number of carbonyl (C=O) groups excluding carboxylic acids is 2. The maximum Gasteiger partial charge on any atom is 0.251 e. The zero-order valence-corrected chi connectivity index (χ0v) is 18.6. The fraction of sp³-hybridized carbons (Fsp3) is 0.320. The van der Waals surface area contributed by atoms with Gasteiger partial charge in [0.15, 0.2) is 0 Å². The molecule has 31 heavy (non-hydrogen) atoms. The second kappa shape index (κ2) is 8.02. The van der Waals surface area contributed by atoms with E-state index in [9.17, 15) is 9.59 Å². The average Bonchev–Trinajstić information content (AvgIpc) is 3.01. The van der Waals surface area contributed by atoms with E-state index in [1.165, 1.54) is 5.56 Å². The highest BCUT2D eigenvalue weighted by atomic mass is 16.2. The molecule has 2 amide bonds. The third-order valence-electron chi connectivity index (χ3n) is 5.97. The maximum atomic E-state index is 13.1. The van der Waals surface area contributed by atoms with Crippen LogP contribution in [0.15, 0.2) is 48.5 Å². The van der Waals surface area contributed by atoms with Gasteiger partial charge >= 0.3 is 0 Å². The Morgan fingerprint density at radius 1 is 1.13 bits per heavy atom. The molecule has 1 aliphatic heterocycles. The number of benzene rings is 2. The monoisotopic (exact) mass is 416 g/mol. The Hall–Kier alpha value is -3.41. The van der Waals surface area contributed by atoms with E-state index in [1.807, 2.05) is 39.1 Å². The minimum atomic E-state index is -0.742. The van der Waals surface area contributed by atoms with Crippen molar-refractivity contribution in [3.8, 4) is 0 Å². The summed E-state index contributed by atoms with van der Waals surface area (Å²) in [5, 5.41) is 10.5. The number of rotatable bonds is 4. The van der Waals surface area contributed by atoms with E-state index >= 15 is 0 Å². The molecule has 6 heteroatoms. The smallest absolute Gasteiger partial charge is 0.251 e. The summed E-state index contributed by atoms with van der Waals surface area (Å²) in [6, 6.07) is 14.9. The molecule has 4 rings (SSSR count). The molecule has 0 radical (unpaired) electrons. The highest BCUT2D eigenvalue weighted by Crippen LogP contribution is 2.39. The van der Waals surface area contributed by atoms with Gasteiger partial charge in [-0.25, -0.2) is 0 Å². The van der Waals surface area contributed by atoms with Gasteiger partial charge in [-0.3, -0.25) is 14.3 Å². The maximum absolute atomic E-state index is 13.1. The average molecular weight is 417 g/mol. The number of aromatic nitrogens is 2. The van der Waals surface area contributed by atoms with Gasteiger partial charge in [0.2, 0.25) is 5.91 Å². The lowest BCUT2D eigenvalue weighted by atomic mass is 9.81. The minimum absolute atomic E-state index is 0.241. The Kier molecular flexibility index (Phi) is 5.39. The minimum Gasteiger partial charge on any atom is -0.339 e.